The molecule has 0 fully saturated rings. The number of aryl methyl sites for hydroxylation is 1. The highest BCUT2D eigenvalue weighted by Crippen LogP contribution is 2.25. The van der Waals surface area contributed by atoms with Crippen LogP contribution in [0.2, 0.25) is 0 Å². The van der Waals surface area contributed by atoms with Crippen molar-refractivity contribution >= 4 is 5.91 Å². The SMILES string of the molecule is CC(C)(C)CC1=C[N+](=O)C(=O)C=C1.CC(C)Cc1ccccc1.CC(C)Cc1cccnc1.CC(C)Cc1ccncc1.Cn1ccc(CC(C)(C)C)cc1=O. The van der Waals surface area contributed by atoms with Crippen molar-refractivity contribution in [2.45, 2.75) is 115 Å². The number of hydrogen-bond acceptors (Lipinski definition) is 5. The summed E-state index contributed by atoms with van der Waals surface area (Å²) in [6, 6.07) is 22.6. The highest BCUT2D eigenvalue weighted by molar-refractivity contribution is 5.81. The van der Waals surface area contributed by atoms with E-state index < -0.39 is 5.91 Å². The predicted molar refractivity (Wildman–Crippen MR) is 235 cm³/mol. The Morgan fingerprint density at radius 1 is 0.607 bits per heavy atom. The van der Waals surface area contributed by atoms with Gasteiger partial charge in [-0.2, -0.15) is 0 Å². The molecular weight excluding hydrogens is 693 g/mol. The Kier molecular flexibility index (Phi) is 22.3. The van der Waals surface area contributed by atoms with E-state index in [1.165, 1.54) is 35.4 Å². The minimum absolute atomic E-state index is 0.0711. The van der Waals surface area contributed by atoms with Gasteiger partial charge < -0.3 is 4.57 Å². The topological polar surface area (TPSA) is 84.9 Å². The molecule has 0 unspecified atom stereocenters. The number of nitroso groups, excluding NO2 is 1. The molecule has 56 heavy (non-hydrogen) atoms. The Bertz CT molecular complexity index is 1700. The first-order chi connectivity index (χ1) is 26.1. The van der Waals surface area contributed by atoms with Crippen molar-refractivity contribution in [2.24, 2.45) is 35.6 Å². The second kappa shape index (κ2) is 25.4. The highest BCUT2D eigenvalue weighted by atomic mass is 16.3. The zero-order valence-electron chi connectivity index (χ0n) is 36.8. The predicted octanol–water partition coefficient (Wildman–Crippen LogP) is 11.6. The molecule has 1 amide bonds. The molecule has 0 bridgehead atoms. The number of benzene rings is 1. The molecule has 1 aliphatic rings. The first kappa shape index (κ1) is 49.2. The lowest BCUT2D eigenvalue weighted by Crippen LogP contribution is -2.17. The number of rotatable bonds is 8. The van der Waals surface area contributed by atoms with Crippen LogP contribution in [0.3, 0.4) is 0 Å². The molecular formula is C49H71N4O3+. The molecule has 0 N–H and O–H groups in total. The van der Waals surface area contributed by atoms with Crippen LogP contribution in [-0.2, 0) is 37.5 Å². The number of amides is 1. The lowest BCUT2D eigenvalue weighted by atomic mass is 9.88. The largest absolute Gasteiger partial charge is 0.464 e. The van der Waals surface area contributed by atoms with Crippen LogP contribution in [-0.4, -0.2) is 25.2 Å². The summed E-state index contributed by atoms with van der Waals surface area (Å²) in [6.07, 6.45) is 18.9. The fourth-order valence-electron chi connectivity index (χ4n) is 5.60. The molecule has 5 rings (SSSR count). The summed E-state index contributed by atoms with van der Waals surface area (Å²) in [5, 5.41) is 0. The summed E-state index contributed by atoms with van der Waals surface area (Å²) in [5.41, 5.74) is 6.63. The molecule has 4 aromatic rings. The van der Waals surface area contributed by atoms with Crippen LogP contribution >= 0.6 is 0 Å². The average Bonchev–Trinajstić information content (AvgIpc) is 3.09. The first-order valence-corrected chi connectivity index (χ1v) is 20.0. The molecule has 0 radical (unpaired) electrons. The molecule has 1 aliphatic heterocycles. The zero-order chi connectivity index (χ0) is 42.3. The van der Waals surface area contributed by atoms with E-state index in [2.05, 4.69) is 142 Å². The zero-order valence-corrected chi connectivity index (χ0v) is 36.8. The van der Waals surface area contributed by atoms with E-state index in [9.17, 15) is 14.5 Å². The third-order valence-corrected chi connectivity index (χ3v) is 7.82. The maximum absolute atomic E-state index is 11.3. The number of carbonyl (C=O) groups is 1. The summed E-state index contributed by atoms with van der Waals surface area (Å²) >= 11 is 0. The summed E-state index contributed by atoms with van der Waals surface area (Å²) in [4.78, 5) is 41.0. The monoisotopic (exact) mass is 764 g/mol. The van der Waals surface area contributed by atoms with Crippen molar-refractivity contribution in [3.8, 4) is 0 Å². The van der Waals surface area contributed by atoms with Crippen molar-refractivity contribution in [1.82, 2.24) is 14.5 Å². The van der Waals surface area contributed by atoms with E-state index in [-0.39, 0.29) is 16.4 Å². The Morgan fingerprint density at radius 3 is 1.59 bits per heavy atom. The normalized spacial score (nSPS) is 12.3. The third kappa shape index (κ3) is 25.3. The summed E-state index contributed by atoms with van der Waals surface area (Å²) in [6.45, 7) is 26.1. The minimum atomic E-state index is -0.502. The quantitative estimate of drug-likeness (QED) is 0.167. The van der Waals surface area contributed by atoms with Crippen molar-refractivity contribution in [1.29, 1.82) is 0 Å². The summed E-state index contributed by atoms with van der Waals surface area (Å²) in [7, 11) is 1.77. The van der Waals surface area contributed by atoms with Crippen LogP contribution in [0, 0.1) is 33.5 Å². The van der Waals surface area contributed by atoms with E-state index >= 15 is 0 Å². The molecule has 1 aromatic carbocycles. The van der Waals surface area contributed by atoms with Gasteiger partial charge in [0, 0.05) is 54.6 Å². The number of allylic oxidation sites excluding steroid dienone is 2. The molecule has 304 valence electrons. The lowest BCUT2D eigenvalue weighted by molar-refractivity contribution is -0.397. The van der Waals surface area contributed by atoms with Crippen molar-refractivity contribution in [3.05, 3.63) is 159 Å². The van der Waals surface area contributed by atoms with E-state index in [4.69, 9.17) is 0 Å². The Hall–Kier alpha value is -4.78. The van der Waals surface area contributed by atoms with Crippen molar-refractivity contribution in [2.75, 3.05) is 0 Å². The molecule has 4 heterocycles. The Morgan fingerprint density at radius 2 is 1.12 bits per heavy atom. The maximum atomic E-state index is 11.3. The van der Waals surface area contributed by atoms with Gasteiger partial charge in [-0.05, 0) is 113 Å². The van der Waals surface area contributed by atoms with Crippen LogP contribution in [0.5, 0.6) is 0 Å². The summed E-state index contributed by atoms with van der Waals surface area (Å²) < 4.78 is 1.97. The van der Waals surface area contributed by atoms with Crippen LogP contribution in [0.25, 0.3) is 0 Å². The Labute approximate surface area is 339 Å². The van der Waals surface area contributed by atoms with Gasteiger partial charge in [0.1, 0.15) is 4.76 Å². The minimum Gasteiger partial charge on any atom is -0.319 e. The Balaban J connectivity index is 0.000000352. The van der Waals surface area contributed by atoms with Crippen LogP contribution in [0.4, 0.5) is 0 Å². The van der Waals surface area contributed by atoms with E-state index in [0.29, 0.717) is 4.76 Å². The van der Waals surface area contributed by atoms with Gasteiger partial charge in [0.25, 0.3) is 5.56 Å². The van der Waals surface area contributed by atoms with Crippen LogP contribution in [0.1, 0.15) is 112 Å². The molecule has 0 saturated heterocycles. The number of nitrogens with zero attached hydrogens (tertiary/aromatic N) is 4. The molecule has 0 atom stereocenters. The van der Waals surface area contributed by atoms with Gasteiger partial charge in [-0.15, -0.1) is 0 Å². The number of aromatic nitrogens is 3. The molecule has 7 nitrogen and oxygen atoms in total. The number of pyridine rings is 3. The van der Waals surface area contributed by atoms with Crippen LogP contribution < -0.4 is 5.56 Å². The molecule has 0 saturated carbocycles. The molecule has 7 heteroatoms. The van der Waals surface area contributed by atoms with Crippen molar-refractivity contribution < 1.29 is 9.55 Å². The van der Waals surface area contributed by atoms with E-state index in [1.54, 1.807) is 23.8 Å². The molecule has 0 spiro atoms. The van der Waals surface area contributed by atoms with Gasteiger partial charge in [0.15, 0.2) is 0 Å². The van der Waals surface area contributed by atoms with Gasteiger partial charge in [-0.25, -0.2) is 4.79 Å². The van der Waals surface area contributed by atoms with Gasteiger partial charge in [-0.1, -0.05) is 119 Å². The first-order valence-electron chi connectivity index (χ1n) is 20.0. The van der Waals surface area contributed by atoms with Crippen molar-refractivity contribution in [3.63, 3.8) is 0 Å². The average molecular weight is 764 g/mol. The van der Waals surface area contributed by atoms with E-state index in [1.807, 2.05) is 43.1 Å². The van der Waals surface area contributed by atoms with E-state index in [0.717, 1.165) is 54.6 Å². The van der Waals surface area contributed by atoms with Gasteiger partial charge in [0.2, 0.25) is 6.20 Å². The van der Waals surface area contributed by atoms with Gasteiger partial charge in [0.05, 0.1) is 6.08 Å². The van der Waals surface area contributed by atoms with Gasteiger partial charge in [-0.3, -0.25) is 14.8 Å². The lowest BCUT2D eigenvalue weighted by Gasteiger charge is -2.17. The van der Waals surface area contributed by atoms with Gasteiger partial charge >= 0.3 is 5.91 Å². The number of carbonyl (C=O) groups excluding carboxylic acids is 1. The second-order valence-electron chi connectivity index (χ2n) is 18.2. The second-order valence-corrected chi connectivity index (χ2v) is 18.2. The maximum Gasteiger partial charge on any atom is 0.464 e. The standard InChI is InChI=1S/C11H17NO.C10H14NO2.C10H14.2C9H13N/c1-11(2,3)8-9-5-6-12(4)10(13)7-9;1-10(2,3)6-8-4-5-9(12)11(13)7-8;1-9(2)8-10-6-4-3-5-7-10;1-8(2)7-9-3-5-10-6-4-9;1-8(2)6-9-4-3-5-10-7-9/h5-7H,8H2,1-4H3;4-5,7H,6H2,1-3H3;3-7,9H,8H2,1-2H3;3-6,8H,7H2,1-2H3;3-5,7-8H,6H2,1-2H3/q;+1;;;. The molecule has 3 aromatic heterocycles. The molecule has 0 aliphatic carbocycles. The van der Waals surface area contributed by atoms with Crippen LogP contribution in [0.15, 0.2) is 126 Å². The smallest absolute Gasteiger partial charge is 0.319 e. The fourth-order valence-corrected chi connectivity index (χ4v) is 5.60. The number of hydrogen-bond donors (Lipinski definition) is 0. The third-order valence-electron chi connectivity index (χ3n) is 7.82. The highest BCUT2D eigenvalue weighted by Gasteiger charge is 2.24. The fraction of sp³-hybridized carbons (Fsp3) is 0.469. The summed E-state index contributed by atoms with van der Waals surface area (Å²) in [5.74, 6) is 1.73.